The topological polar surface area (TPSA) is 55.4 Å². The van der Waals surface area contributed by atoms with Crippen LogP contribution in [0.4, 0.5) is 5.69 Å². The lowest BCUT2D eigenvalue weighted by Crippen LogP contribution is -2.40. The van der Waals surface area contributed by atoms with Crippen molar-refractivity contribution in [1.29, 1.82) is 0 Å². The second-order valence-electron chi connectivity index (χ2n) is 3.94. The van der Waals surface area contributed by atoms with E-state index in [1.165, 1.54) is 18.7 Å². The number of amides is 1. The Morgan fingerprint density at radius 1 is 1.47 bits per heavy atom. The van der Waals surface area contributed by atoms with Gasteiger partial charge in [-0.2, -0.15) is 0 Å². The zero-order valence-corrected chi connectivity index (χ0v) is 10.5. The van der Waals surface area contributed by atoms with Crippen LogP contribution in [0.5, 0.6) is 0 Å². The van der Waals surface area contributed by atoms with E-state index in [0.29, 0.717) is 5.75 Å². The maximum atomic E-state index is 12.0. The van der Waals surface area contributed by atoms with Gasteiger partial charge in [0.15, 0.2) is 0 Å². The Labute approximate surface area is 104 Å². The maximum absolute atomic E-state index is 12.0. The summed E-state index contributed by atoms with van der Waals surface area (Å²) in [5.41, 5.74) is 1.81. The Bertz CT molecular complexity index is 475. The molecule has 5 heteroatoms. The van der Waals surface area contributed by atoms with Crippen LogP contribution in [0.1, 0.15) is 19.4 Å². The highest BCUT2D eigenvalue weighted by molar-refractivity contribution is 8.00. The lowest BCUT2D eigenvalue weighted by Gasteiger charge is -2.24. The standard InChI is InChI=1S/C12H13NO3S/c1-8(14)16-12(2)11(15)13-10-6-4-3-5-9(10)7-17-12/h3-6H,7H2,1-2H3,(H,13,15). The molecule has 1 unspecified atom stereocenters. The Balaban J connectivity index is 2.29. The Morgan fingerprint density at radius 3 is 2.88 bits per heavy atom. The van der Waals surface area contributed by atoms with Crippen molar-refractivity contribution in [2.45, 2.75) is 24.5 Å². The number of carbonyl (C=O) groups is 2. The number of anilines is 1. The second-order valence-corrected chi connectivity index (χ2v) is 5.30. The van der Waals surface area contributed by atoms with Gasteiger partial charge in [-0.1, -0.05) is 18.2 Å². The normalized spacial score (nSPS) is 23.3. The van der Waals surface area contributed by atoms with Crippen LogP contribution in [-0.4, -0.2) is 16.8 Å². The lowest BCUT2D eigenvalue weighted by molar-refractivity contribution is -0.153. The molecule has 1 aromatic rings. The minimum Gasteiger partial charge on any atom is -0.438 e. The molecule has 0 saturated heterocycles. The fraction of sp³-hybridized carbons (Fsp3) is 0.333. The van der Waals surface area contributed by atoms with Crippen molar-refractivity contribution >= 4 is 29.3 Å². The molecule has 1 amide bonds. The van der Waals surface area contributed by atoms with Crippen LogP contribution in [0, 0.1) is 0 Å². The molecule has 4 nitrogen and oxygen atoms in total. The summed E-state index contributed by atoms with van der Waals surface area (Å²) in [6.07, 6.45) is 0. The number of esters is 1. The average molecular weight is 251 g/mol. The third kappa shape index (κ3) is 2.44. The number of benzene rings is 1. The van der Waals surface area contributed by atoms with Gasteiger partial charge >= 0.3 is 5.97 Å². The van der Waals surface area contributed by atoms with E-state index in [-0.39, 0.29) is 5.91 Å². The minimum absolute atomic E-state index is 0.303. The van der Waals surface area contributed by atoms with Gasteiger partial charge in [0.25, 0.3) is 5.91 Å². The van der Waals surface area contributed by atoms with Gasteiger partial charge in [0.2, 0.25) is 4.93 Å². The summed E-state index contributed by atoms with van der Waals surface area (Å²) in [4.78, 5) is 21.9. The number of hydrogen-bond donors (Lipinski definition) is 1. The first kappa shape index (κ1) is 12.0. The molecule has 0 bridgehead atoms. The van der Waals surface area contributed by atoms with Crippen molar-refractivity contribution in [3.63, 3.8) is 0 Å². The van der Waals surface area contributed by atoms with Gasteiger partial charge in [-0.3, -0.25) is 9.59 Å². The maximum Gasteiger partial charge on any atom is 0.304 e. The molecule has 0 aliphatic carbocycles. The quantitative estimate of drug-likeness (QED) is 0.777. The number of carbonyl (C=O) groups excluding carboxylic acids is 2. The number of para-hydroxylation sites is 1. The summed E-state index contributed by atoms with van der Waals surface area (Å²) in [6, 6.07) is 7.56. The Hall–Kier alpha value is -1.49. The predicted octanol–water partition coefficient (Wildman–Crippen LogP) is 2.15. The van der Waals surface area contributed by atoms with Crippen LogP contribution in [0.15, 0.2) is 24.3 Å². The van der Waals surface area contributed by atoms with Crippen molar-refractivity contribution in [3.05, 3.63) is 29.8 Å². The molecule has 90 valence electrons. The largest absolute Gasteiger partial charge is 0.438 e. The molecule has 2 rings (SSSR count). The highest BCUT2D eigenvalue weighted by Crippen LogP contribution is 2.36. The fourth-order valence-corrected chi connectivity index (χ4v) is 2.68. The van der Waals surface area contributed by atoms with E-state index in [0.717, 1.165) is 11.3 Å². The smallest absolute Gasteiger partial charge is 0.304 e. The van der Waals surface area contributed by atoms with Crippen molar-refractivity contribution in [3.8, 4) is 0 Å². The van der Waals surface area contributed by atoms with E-state index in [9.17, 15) is 9.59 Å². The fourth-order valence-electron chi connectivity index (χ4n) is 1.64. The van der Waals surface area contributed by atoms with Gasteiger partial charge < -0.3 is 10.1 Å². The molecule has 0 saturated carbocycles. The van der Waals surface area contributed by atoms with Crippen LogP contribution in [-0.2, 0) is 20.1 Å². The summed E-state index contributed by atoms with van der Waals surface area (Å²) >= 11 is 1.31. The Morgan fingerprint density at radius 2 is 2.18 bits per heavy atom. The molecule has 1 aromatic carbocycles. The van der Waals surface area contributed by atoms with Gasteiger partial charge in [0, 0.05) is 18.4 Å². The second kappa shape index (κ2) is 4.41. The van der Waals surface area contributed by atoms with Gasteiger partial charge in [-0.15, -0.1) is 11.8 Å². The molecule has 1 aliphatic heterocycles. The number of nitrogens with one attached hydrogen (secondary N) is 1. The van der Waals surface area contributed by atoms with E-state index in [1.54, 1.807) is 6.92 Å². The Kier molecular flexibility index (Phi) is 3.11. The molecule has 1 aliphatic rings. The molecule has 1 atom stereocenters. The zero-order valence-electron chi connectivity index (χ0n) is 9.65. The number of thioether (sulfide) groups is 1. The van der Waals surface area contributed by atoms with Crippen LogP contribution >= 0.6 is 11.8 Å². The molecule has 17 heavy (non-hydrogen) atoms. The van der Waals surface area contributed by atoms with E-state index in [4.69, 9.17) is 4.74 Å². The molecule has 1 N–H and O–H groups in total. The van der Waals surface area contributed by atoms with Crippen LogP contribution in [0.2, 0.25) is 0 Å². The lowest BCUT2D eigenvalue weighted by atomic mass is 10.2. The van der Waals surface area contributed by atoms with E-state index in [2.05, 4.69) is 5.32 Å². The third-order valence-electron chi connectivity index (χ3n) is 2.52. The first-order chi connectivity index (χ1) is 8.01. The zero-order chi connectivity index (χ0) is 12.5. The average Bonchev–Trinajstić information content (AvgIpc) is 2.37. The monoisotopic (exact) mass is 251 g/mol. The number of fused-ring (bicyclic) bond motifs is 1. The number of hydrogen-bond acceptors (Lipinski definition) is 4. The van der Waals surface area contributed by atoms with Crippen LogP contribution in [0.3, 0.4) is 0 Å². The number of rotatable bonds is 1. The number of ether oxygens (including phenoxy) is 1. The predicted molar refractivity (Wildman–Crippen MR) is 66.5 cm³/mol. The van der Waals surface area contributed by atoms with Crippen molar-refractivity contribution in [2.75, 3.05) is 5.32 Å². The van der Waals surface area contributed by atoms with E-state index in [1.807, 2.05) is 24.3 Å². The highest BCUT2D eigenvalue weighted by Gasteiger charge is 2.39. The summed E-state index contributed by atoms with van der Waals surface area (Å²) in [6.45, 7) is 2.91. The molecular formula is C12H13NO3S. The molecule has 0 fully saturated rings. The van der Waals surface area contributed by atoms with Crippen LogP contribution < -0.4 is 5.32 Å². The first-order valence-corrected chi connectivity index (χ1v) is 6.23. The molecule has 0 spiro atoms. The van der Waals surface area contributed by atoms with Gasteiger partial charge in [-0.05, 0) is 18.6 Å². The molecular weight excluding hydrogens is 238 g/mol. The summed E-state index contributed by atoms with van der Waals surface area (Å²) in [7, 11) is 0. The highest BCUT2D eigenvalue weighted by atomic mass is 32.2. The van der Waals surface area contributed by atoms with Gasteiger partial charge in [-0.25, -0.2) is 0 Å². The summed E-state index contributed by atoms with van der Waals surface area (Å²) in [5, 5.41) is 2.78. The third-order valence-corrected chi connectivity index (χ3v) is 3.79. The van der Waals surface area contributed by atoms with E-state index < -0.39 is 10.9 Å². The SMILES string of the molecule is CC(=O)OC1(C)SCc2ccccc2NC1=O. The van der Waals surface area contributed by atoms with Gasteiger partial charge in [0.05, 0.1) is 0 Å². The van der Waals surface area contributed by atoms with Crippen LogP contribution in [0.25, 0.3) is 0 Å². The van der Waals surface area contributed by atoms with Gasteiger partial charge in [0.1, 0.15) is 0 Å². The van der Waals surface area contributed by atoms with Crippen molar-refractivity contribution in [1.82, 2.24) is 0 Å². The van der Waals surface area contributed by atoms with Crippen molar-refractivity contribution < 1.29 is 14.3 Å². The molecule has 0 radical (unpaired) electrons. The molecule has 1 heterocycles. The summed E-state index contributed by atoms with van der Waals surface area (Å²) < 4.78 is 5.11. The first-order valence-electron chi connectivity index (χ1n) is 5.24. The van der Waals surface area contributed by atoms with E-state index >= 15 is 0 Å². The summed E-state index contributed by atoms with van der Waals surface area (Å²) in [5.74, 6) is -0.137. The van der Waals surface area contributed by atoms with Crippen molar-refractivity contribution in [2.24, 2.45) is 0 Å². The molecule has 0 aromatic heterocycles. The minimum atomic E-state index is -1.16.